The van der Waals surface area contributed by atoms with Crippen LogP contribution in [0.5, 0.6) is 0 Å². The van der Waals surface area contributed by atoms with Crippen LogP contribution in [0.3, 0.4) is 0 Å². The van der Waals surface area contributed by atoms with Crippen molar-refractivity contribution in [1.29, 1.82) is 5.26 Å². The Morgan fingerprint density at radius 2 is 1.88 bits per heavy atom. The Morgan fingerprint density at radius 1 is 1.08 bits per heavy atom. The molecule has 3 aromatic carbocycles. The fraction of sp³-hybridized carbons (Fsp3) is 0. The highest BCUT2D eigenvalue weighted by molar-refractivity contribution is 6.31. The first kappa shape index (κ1) is 16.1. The summed E-state index contributed by atoms with van der Waals surface area (Å²) in [6.07, 6.45) is 1.73. The second-order valence-corrected chi connectivity index (χ2v) is 6.25. The van der Waals surface area contributed by atoms with Crippen LogP contribution in [-0.2, 0) is 0 Å². The fourth-order valence-electron chi connectivity index (χ4n) is 2.93. The van der Waals surface area contributed by atoms with Gasteiger partial charge in [0.05, 0.1) is 16.5 Å². The van der Waals surface area contributed by atoms with E-state index in [0.29, 0.717) is 15.9 Å². The SMILES string of the molecule is N#C/C(=C\c1cccc2ccccc12)c1nc2cc(Cl)ccc2c(=O)[nH]1. The molecule has 5 heteroatoms. The van der Waals surface area contributed by atoms with Crippen molar-refractivity contribution in [2.24, 2.45) is 0 Å². The van der Waals surface area contributed by atoms with Gasteiger partial charge in [0.2, 0.25) is 0 Å². The zero-order chi connectivity index (χ0) is 18.1. The summed E-state index contributed by atoms with van der Waals surface area (Å²) in [4.78, 5) is 19.4. The number of hydrogen-bond acceptors (Lipinski definition) is 3. The second kappa shape index (κ2) is 6.47. The fourth-order valence-corrected chi connectivity index (χ4v) is 3.09. The van der Waals surface area contributed by atoms with Crippen molar-refractivity contribution in [3.05, 3.63) is 87.4 Å². The summed E-state index contributed by atoms with van der Waals surface area (Å²) in [5.41, 5.74) is 1.31. The number of benzene rings is 3. The van der Waals surface area contributed by atoms with E-state index in [1.807, 2.05) is 42.5 Å². The first-order chi connectivity index (χ1) is 12.7. The summed E-state index contributed by atoms with van der Waals surface area (Å²) in [5, 5.41) is 12.6. The molecule has 0 aliphatic carbocycles. The van der Waals surface area contributed by atoms with Crippen LogP contribution in [0.15, 0.2) is 65.5 Å². The van der Waals surface area contributed by atoms with Gasteiger partial charge in [-0.15, -0.1) is 0 Å². The van der Waals surface area contributed by atoms with Gasteiger partial charge in [0.15, 0.2) is 5.82 Å². The van der Waals surface area contributed by atoms with Gasteiger partial charge in [-0.05, 0) is 40.6 Å². The van der Waals surface area contributed by atoms with E-state index in [1.165, 1.54) is 0 Å². The summed E-state index contributed by atoms with van der Waals surface area (Å²) in [6, 6.07) is 20.8. The van der Waals surface area contributed by atoms with Gasteiger partial charge in [-0.2, -0.15) is 5.26 Å². The van der Waals surface area contributed by atoms with E-state index in [-0.39, 0.29) is 17.0 Å². The number of aromatic nitrogens is 2. The number of nitrogens with one attached hydrogen (secondary N) is 1. The monoisotopic (exact) mass is 357 g/mol. The normalized spacial score (nSPS) is 11.6. The van der Waals surface area contributed by atoms with Crippen LogP contribution in [0, 0.1) is 11.3 Å². The molecule has 1 N–H and O–H groups in total. The van der Waals surface area contributed by atoms with E-state index in [0.717, 1.165) is 16.3 Å². The Hall–Kier alpha value is -3.42. The number of hydrogen-bond donors (Lipinski definition) is 1. The average molecular weight is 358 g/mol. The molecule has 0 saturated carbocycles. The molecule has 0 saturated heterocycles. The number of aromatic amines is 1. The second-order valence-electron chi connectivity index (χ2n) is 5.81. The molecule has 0 spiro atoms. The van der Waals surface area contributed by atoms with Gasteiger partial charge < -0.3 is 4.98 Å². The third-order valence-electron chi connectivity index (χ3n) is 4.17. The number of nitrogens with zero attached hydrogens (tertiary/aromatic N) is 2. The average Bonchev–Trinajstić information content (AvgIpc) is 2.65. The molecule has 0 fully saturated rings. The molecule has 4 aromatic rings. The maximum absolute atomic E-state index is 12.3. The maximum Gasteiger partial charge on any atom is 0.259 e. The van der Waals surface area contributed by atoms with E-state index in [4.69, 9.17) is 11.6 Å². The summed E-state index contributed by atoms with van der Waals surface area (Å²) >= 11 is 6.00. The van der Waals surface area contributed by atoms with E-state index in [1.54, 1.807) is 24.3 Å². The lowest BCUT2D eigenvalue weighted by atomic mass is 10.0. The molecule has 1 heterocycles. The van der Waals surface area contributed by atoms with E-state index in [2.05, 4.69) is 16.0 Å². The predicted octanol–water partition coefficient (Wildman–Crippen LogP) is 4.79. The molecule has 4 rings (SSSR count). The van der Waals surface area contributed by atoms with E-state index in [9.17, 15) is 10.1 Å². The van der Waals surface area contributed by atoms with Gasteiger partial charge in [0.25, 0.3) is 5.56 Å². The molecular formula is C21H12ClN3O. The number of H-pyrrole nitrogens is 1. The minimum atomic E-state index is -0.305. The maximum atomic E-state index is 12.3. The lowest BCUT2D eigenvalue weighted by Crippen LogP contribution is -2.11. The summed E-state index contributed by atoms with van der Waals surface area (Å²) < 4.78 is 0. The van der Waals surface area contributed by atoms with Gasteiger partial charge in [0.1, 0.15) is 6.07 Å². The van der Waals surface area contributed by atoms with E-state index < -0.39 is 0 Å². The van der Waals surface area contributed by atoms with E-state index >= 15 is 0 Å². The lowest BCUT2D eigenvalue weighted by molar-refractivity contribution is 1.13. The Bertz CT molecular complexity index is 1280. The third kappa shape index (κ3) is 2.85. The highest BCUT2D eigenvalue weighted by Gasteiger charge is 2.09. The highest BCUT2D eigenvalue weighted by Crippen LogP contribution is 2.23. The predicted molar refractivity (Wildman–Crippen MR) is 105 cm³/mol. The minimum absolute atomic E-state index is 0.222. The van der Waals surface area contributed by atoms with Crippen molar-refractivity contribution >= 4 is 44.9 Å². The molecule has 124 valence electrons. The van der Waals surface area contributed by atoms with Crippen LogP contribution in [-0.4, -0.2) is 9.97 Å². The van der Waals surface area contributed by atoms with Crippen LogP contribution in [0.25, 0.3) is 33.3 Å². The molecule has 0 aliphatic rings. The van der Waals surface area contributed by atoms with Crippen molar-refractivity contribution in [3.8, 4) is 6.07 Å². The molecule has 0 atom stereocenters. The molecule has 0 bridgehead atoms. The smallest absolute Gasteiger partial charge is 0.259 e. The van der Waals surface area contributed by atoms with Gasteiger partial charge in [-0.1, -0.05) is 54.1 Å². The summed E-state index contributed by atoms with van der Waals surface area (Å²) in [5.74, 6) is 0.222. The number of halogens is 1. The summed E-state index contributed by atoms with van der Waals surface area (Å²) in [7, 11) is 0. The standard InChI is InChI=1S/C21H12ClN3O/c22-16-8-9-18-19(11-16)24-20(25-21(18)26)15(12-23)10-14-6-3-5-13-4-1-2-7-17(13)14/h1-11H,(H,24,25,26)/b15-10+. The van der Waals surface area contributed by atoms with Crippen LogP contribution in [0.4, 0.5) is 0 Å². The van der Waals surface area contributed by atoms with Gasteiger partial charge in [-0.3, -0.25) is 4.79 Å². The van der Waals surface area contributed by atoms with Crippen LogP contribution < -0.4 is 5.56 Å². The molecule has 0 unspecified atom stereocenters. The Balaban J connectivity index is 1.93. The summed E-state index contributed by atoms with van der Waals surface area (Å²) in [6.45, 7) is 0. The Morgan fingerprint density at radius 3 is 2.73 bits per heavy atom. The van der Waals surface area contributed by atoms with Crippen molar-refractivity contribution in [2.45, 2.75) is 0 Å². The van der Waals surface area contributed by atoms with Crippen LogP contribution in [0.1, 0.15) is 11.4 Å². The molecule has 0 amide bonds. The molecular weight excluding hydrogens is 346 g/mol. The Labute approximate surface area is 154 Å². The van der Waals surface area contributed by atoms with Crippen molar-refractivity contribution in [2.75, 3.05) is 0 Å². The number of fused-ring (bicyclic) bond motifs is 2. The molecule has 0 radical (unpaired) electrons. The molecule has 4 nitrogen and oxygen atoms in total. The van der Waals surface area contributed by atoms with Crippen molar-refractivity contribution in [3.63, 3.8) is 0 Å². The zero-order valence-corrected chi connectivity index (χ0v) is 14.3. The first-order valence-electron chi connectivity index (χ1n) is 7.95. The van der Waals surface area contributed by atoms with Gasteiger partial charge in [-0.25, -0.2) is 4.98 Å². The quantitative estimate of drug-likeness (QED) is 0.524. The van der Waals surface area contributed by atoms with Gasteiger partial charge >= 0.3 is 0 Å². The largest absolute Gasteiger partial charge is 0.305 e. The molecule has 0 aliphatic heterocycles. The Kier molecular flexibility index (Phi) is 4.00. The van der Waals surface area contributed by atoms with Crippen molar-refractivity contribution in [1.82, 2.24) is 9.97 Å². The van der Waals surface area contributed by atoms with Crippen molar-refractivity contribution < 1.29 is 0 Å². The van der Waals surface area contributed by atoms with Gasteiger partial charge in [0, 0.05) is 5.02 Å². The highest BCUT2D eigenvalue weighted by atomic mass is 35.5. The van der Waals surface area contributed by atoms with Crippen LogP contribution in [0.2, 0.25) is 5.02 Å². The molecule has 26 heavy (non-hydrogen) atoms. The minimum Gasteiger partial charge on any atom is -0.305 e. The number of nitriles is 1. The third-order valence-corrected chi connectivity index (χ3v) is 4.40. The lowest BCUT2D eigenvalue weighted by Gasteiger charge is -2.05. The van der Waals surface area contributed by atoms with Crippen LogP contribution >= 0.6 is 11.6 Å². The zero-order valence-electron chi connectivity index (χ0n) is 13.5. The first-order valence-corrected chi connectivity index (χ1v) is 8.33. The number of allylic oxidation sites excluding steroid dienone is 1. The topological polar surface area (TPSA) is 69.5 Å². The number of rotatable bonds is 2. The molecule has 1 aromatic heterocycles.